The fourth-order valence-corrected chi connectivity index (χ4v) is 4.43. The number of para-hydroxylation sites is 2. The molecule has 0 bridgehead atoms. The highest BCUT2D eigenvalue weighted by atomic mass is 16.5. The molecule has 0 spiro atoms. The van der Waals surface area contributed by atoms with Crippen molar-refractivity contribution in [2.24, 2.45) is 11.8 Å². The fraction of sp³-hybridized carbons (Fsp3) is 0.333. The zero-order chi connectivity index (χ0) is 22.1. The van der Waals surface area contributed by atoms with Crippen LogP contribution in [0.1, 0.15) is 24.9 Å². The largest absolute Gasteiger partial charge is 0.497 e. The molecule has 0 radical (unpaired) electrons. The van der Waals surface area contributed by atoms with E-state index in [1.165, 1.54) is 7.11 Å². The first-order chi connectivity index (χ1) is 15.0. The van der Waals surface area contributed by atoms with E-state index in [-0.39, 0.29) is 11.7 Å². The molecule has 2 aromatic rings. The summed E-state index contributed by atoms with van der Waals surface area (Å²) >= 11 is 0. The maximum Gasteiger partial charge on any atom is 0.316 e. The van der Waals surface area contributed by atoms with Crippen LogP contribution in [0.2, 0.25) is 0 Å². The van der Waals surface area contributed by atoms with E-state index in [1.807, 2.05) is 49.4 Å². The molecule has 1 aliphatic heterocycles. The third kappa shape index (κ3) is 3.60. The van der Waals surface area contributed by atoms with Gasteiger partial charge in [-0.2, -0.15) is 0 Å². The molecule has 0 amide bonds. The van der Waals surface area contributed by atoms with E-state index in [2.05, 4.69) is 10.6 Å². The molecule has 1 heterocycles. The van der Waals surface area contributed by atoms with E-state index in [1.54, 1.807) is 14.2 Å². The van der Waals surface area contributed by atoms with Gasteiger partial charge in [-0.25, -0.2) is 0 Å². The second-order valence-corrected chi connectivity index (χ2v) is 7.79. The summed E-state index contributed by atoms with van der Waals surface area (Å²) in [5, 5.41) is 6.93. The Morgan fingerprint density at radius 2 is 1.77 bits per heavy atom. The molecule has 0 aromatic heterocycles. The lowest BCUT2D eigenvalue weighted by atomic mass is 9.74. The van der Waals surface area contributed by atoms with E-state index in [0.29, 0.717) is 23.5 Å². The number of nitrogens with one attached hydrogen (secondary N) is 2. The van der Waals surface area contributed by atoms with Crippen LogP contribution < -0.4 is 20.1 Å². The summed E-state index contributed by atoms with van der Waals surface area (Å²) in [4.78, 5) is 26.2. The average molecular weight is 422 g/mol. The summed E-state index contributed by atoms with van der Waals surface area (Å²) < 4.78 is 16.0. The molecule has 2 aliphatic rings. The van der Waals surface area contributed by atoms with Crippen LogP contribution in [-0.4, -0.2) is 33.1 Å². The number of carbonyl (C=O) groups excluding carboxylic acids is 2. The number of rotatable bonds is 4. The normalized spacial score (nSPS) is 22.3. The summed E-state index contributed by atoms with van der Waals surface area (Å²) in [5.74, 6) is -0.542. The number of fused-ring (bicyclic) bond motifs is 1. The second kappa shape index (κ2) is 8.34. The first-order valence-electron chi connectivity index (χ1n) is 10.2. The number of allylic oxidation sites excluding steroid dienone is 1. The lowest BCUT2D eigenvalue weighted by molar-refractivity contribution is -0.151. The van der Waals surface area contributed by atoms with Gasteiger partial charge in [-0.05, 0) is 42.7 Å². The van der Waals surface area contributed by atoms with Gasteiger partial charge in [0.05, 0.1) is 38.7 Å². The Kier molecular flexibility index (Phi) is 5.59. The maximum absolute atomic E-state index is 13.7. The Morgan fingerprint density at radius 1 is 1.03 bits per heavy atom. The Bertz CT molecular complexity index is 1060. The van der Waals surface area contributed by atoms with Crippen molar-refractivity contribution in [3.63, 3.8) is 0 Å². The van der Waals surface area contributed by atoms with Crippen LogP contribution in [-0.2, 0) is 14.3 Å². The van der Waals surface area contributed by atoms with Crippen LogP contribution >= 0.6 is 0 Å². The third-order valence-electron chi connectivity index (χ3n) is 5.97. The van der Waals surface area contributed by atoms with Gasteiger partial charge in [0.1, 0.15) is 17.4 Å². The standard InChI is InChI=1S/C24H26N2O5/c1-13-11-18-21(23(27)20(13)24(28)31-4)22(26-17-8-6-5-7-16(17)25-18)15-12-14(29-2)9-10-19(15)30-3/h5-10,12-13,20,22,25-26H,11H2,1-4H3/t13-,20-,22-/m1/s1. The number of carbonyl (C=O) groups is 2. The van der Waals surface area contributed by atoms with Crippen molar-refractivity contribution in [2.75, 3.05) is 32.0 Å². The zero-order valence-corrected chi connectivity index (χ0v) is 18.0. The minimum Gasteiger partial charge on any atom is -0.497 e. The minimum atomic E-state index is -0.854. The quantitative estimate of drug-likeness (QED) is 0.570. The molecule has 7 heteroatoms. The number of hydrogen-bond donors (Lipinski definition) is 2. The summed E-state index contributed by atoms with van der Waals surface area (Å²) in [6.45, 7) is 1.90. The van der Waals surface area contributed by atoms with Gasteiger partial charge >= 0.3 is 5.97 Å². The first-order valence-corrected chi connectivity index (χ1v) is 10.2. The van der Waals surface area contributed by atoms with E-state index in [0.717, 1.165) is 22.6 Å². The van der Waals surface area contributed by atoms with Gasteiger partial charge in [0.2, 0.25) is 0 Å². The van der Waals surface area contributed by atoms with E-state index in [9.17, 15) is 9.59 Å². The average Bonchev–Trinajstić information content (AvgIpc) is 2.94. The van der Waals surface area contributed by atoms with Crippen LogP contribution in [0.25, 0.3) is 0 Å². The molecule has 0 saturated carbocycles. The summed E-state index contributed by atoms with van der Waals surface area (Å²) in [5.41, 5.74) is 3.78. The summed E-state index contributed by atoms with van der Waals surface area (Å²) in [6.07, 6.45) is 0.541. The smallest absolute Gasteiger partial charge is 0.316 e. The minimum absolute atomic E-state index is 0.190. The predicted molar refractivity (Wildman–Crippen MR) is 117 cm³/mol. The van der Waals surface area contributed by atoms with Crippen molar-refractivity contribution < 1.29 is 23.8 Å². The summed E-state index contributed by atoms with van der Waals surface area (Å²) in [7, 11) is 4.49. The van der Waals surface area contributed by atoms with Crippen LogP contribution in [0.5, 0.6) is 11.5 Å². The van der Waals surface area contributed by atoms with Crippen LogP contribution in [0.15, 0.2) is 53.7 Å². The van der Waals surface area contributed by atoms with Crippen LogP contribution in [0, 0.1) is 11.8 Å². The van der Waals surface area contributed by atoms with Crippen LogP contribution in [0.4, 0.5) is 11.4 Å². The maximum atomic E-state index is 13.7. The predicted octanol–water partition coefficient (Wildman–Crippen LogP) is 3.93. The van der Waals surface area contributed by atoms with Gasteiger partial charge < -0.3 is 24.8 Å². The first kappa shape index (κ1) is 20.8. The van der Waals surface area contributed by atoms with Crippen molar-refractivity contribution >= 4 is 23.1 Å². The highest BCUT2D eigenvalue weighted by Crippen LogP contribution is 2.46. The highest BCUT2D eigenvalue weighted by molar-refractivity contribution is 6.11. The van der Waals surface area contributed by atoms with Crippen molar-refractivity contribution in [1.82, 2.24) is 0 Å². The van der Waals surface area contributed by atoms with Gasteiger partial charge in [0.25, 0.3) is 0 Å². The van der Waals surface area contributed by atoms with Crippen molar-refractivity contribution in [1.29, 1.82) is 0 Å². The lowest BCUT2D eigenvalue weighted by Gasteiger charge is -2.32. The topological polar surface area (TPSA) is 85.9 Å². The molecule has 2 aromatic carbocycles. The van der Waals surface area contributed by atoms with Crippen molar-refractivity contribution in [3.05, 3.63) is 59.3 Å². The number of benzene rings is 2. The van der Waals surface area contributed by atoms with Gasteiger partial charge in [-0.3, -0.25) is 9.59 Å². The molecule has 7 nitrogen and oxygen atoms in total. The number of Topliss-reactive ketones (excluding diaryl/α,β-unsaturated/α-hetero) is 1. The molecular weight excluding hydrogens is 396 g/mol. The number of anilines is 2. The Balaban J connectivity index is 1.93. The molecule has 2 N–H and O–H groups in total. The monoisotopic (exact) mass is 422 g/mol. The third-order valence-corrected chi connectivity index (χ3v) is 5.97. The Morgan fingerprint density at radius 3 is 2.45 bits per heavy atom. The van der Waals surface area contributed by atoms with E-state index >= 15 is 0 Å². The number of hydrogen-bond acceptors (Lipinski definition) is 7. The second-order valence-electron chi connectivity index (χ2n) is 7.79. The van der Waals surface area contributed by atoms with E-state index in [4.69, 9.17) is 14.2 Å². The fourth-order valence-electron chi connectivity index (χ4n) is 4.43. The van der Waals surface area contributed by atoms with Crippen LogP contribution in [0.3, 0.4) is 0 Å². The number of esters is 1. The lowest BCUT2D eigenvalue weighted by Crippen LogP contribution is -2.39. The van der Waals surface area contributed by atoms with E-state index < -0.39 is 17.9 Å². The number of ether oxygens (including phenoxy) is 3. The van der Waals surface area contributed by atoms with Gasteiger partial charge in [0, 0.05) is 16.8 Å². The van der Waals surface area contributed by atoms with Crippen molar-refractivity contribution in [3.8, 4) is 11.5 Å². The molecule has 1 aliphatic carbocycles. The van der Waals surface area contributed by atoms with Gasteiger partial charge in [-0.1, -0.05) is 19.1 Å². The molecule has 3 atom stereocenters. The molecule has 4 rings (SSSR count). The number of ketones is 1. The van der Waals surface area contributed by atoms with Crippen molar-refractivity contribution in [2.45, 2.75) is 19.4 Å². The zero-order valence-electron chi connectivity index (χ0n) is 18.0. The Hall–Kier alpha value is -3.48. The Labute approximate surface area is 181 Å². The van der Waals surface area contributed by atoms with Gasteiger partial charge in [0.15, 0.2) is 5.78 Å². The SMILES string of the molecule is COC(=O)[C@H]1C(=O)C2=C(C[C@H]1C)Nc1ccccc1N[C@@H]2c1cc(OC)ccc1OC. The highest BCUT2D eigenvalue weighted by Gasteiger charge is 2.44. The molecule has 0 fully saturated rings. The number of methoxy groups -OCH3 is 3. The molecule has 0 unspecified atom stereocenters. The molecule has 31 heavy (non-hydrogen) atoms. The summed E-state index contributed by atoms with van der Waals surface area (Å²) in [6, 6.07) is 12.7. The molecule has 0 saturated heterocycles. The molecular formula is C24H26N2O5. The molecule has 162 valence electrons. The van der Waals surface area contributed by atoms with Gasteiger partial charge in [-0.15, -0.1) is 0 Å².